The highest BCUT2D eigenvalue weighted by atomic mass is 32.1. The SMILES string of the molecule is O=C(c1ccc(F)c(S)c1)N(CCO)C1CC1. The Balaban J connectivity index is 2.19. The van der Waals surface area contributed by atoms with Crippen molar-refractivity contribution in [2.24, 2.45) is 0 Å². The molecular weight excluding hydrogens is 241 g/mol. The summed E-state index contributed by atoms with van der Waals surface area (Å²) in [5.41, 5.74) is 0.414. The standard InChI is InChI=1S/C12H14FNO2S/c13-10-4-1-8(7-11(10)17)12(16)14(5-6-15)9-2-3-9/h1,4,7,9,15,17H,2-3,5-6H2. The van der Waals surface area contributed by atoms with Crippen LogP contribution in [-0.2, 0) is 0 Å². The molecule has 0 unspecified atom stereocenters. The van der Waals surface area contributed by atoms with E-state index in [1.807, 2.05) is 0 Å². The number of amides is 1. The van der Waals surface area contributed by atoms with Crippen LogP contribution in [0, 0.1) is 5.82 Å². The fourth-order valence-electron chi connectivity index (χ4n) is 1.76. The van der Waals surface area contributed by atoms with Gasteiger partial charge < -0.3 is 10.0 Å². The first kappa shape index (κ1) is 12.4. The number of hydrogen-bond donors (Lipinski definition) is 2. The number of aliphatic hydroxyl groups excluding tert-OH is 1. The van der Waals surface area contributed by atoms with Gasteiger partial charge in [-0.3, -0.25) is 4.79 Å². The second kappa shape index (κ2) is 5.06. The molecule has 1 aliphatic carbocycles. The second-order valence-corrected chi connectivity index (χ2v) is 4.60. The number of rotatable bonds is 4. The number of benzene rings is 1. The van der Waals surface area contributed by atoms with Crippen LogP contribution in [0.25, 0.3) is 0 Å². The fraction of sp³-hybridized carbons (Fsp3) is 0.417. The Morgan fingerprint density at radius 1 is 1.53 bits per heavy atom. The molecule has 0 saturated heterocycles. The summed E-state index contributed by atoms with van der Waals surface area (Å²) >= 11 is 3.96. The molecule has 0 atom stereocenters. The molecule has 1 aliphatic rings. The highest BCUT2D eigenvalue weighted by molar-refractivity contribution is 7.80. The molecule has 1 saturated carbocycles. The Morgan fingerprint density at radius 3 is 2.76 bits per heavy atom. The third-order valence-corrected chi connectivity index (χ3v) is 3.13. The smallest absolute Gasteiger partial charge is 0.254 e. The van der Waals surface area contributed by atoms with Gasteiger partial charge in [-0.25, -0.2) is 4.39 Å². The van der Waals surface area contributed by atoms with Crippen molar-refractivity contribution in [1.29, 1.82) is 0 Å². The third kappa shape index (κ3) is 2.79. The lowest BCUT2D eigenvalue weighted by atomic mass is 10.2. The Bertz CT molecular complexity index is 435. The Hall–Kier alpha value is -1.07. The molecule has 1 N–H and O–H groups in total. The largest absolute Gasteiger partial charge is 0.395 e. The maximum atomic E-state index is 13.0. The van der Waals surface area contributed by atoms with Gasteiger partial charge in [0.1, 0.15) is 5.82 Å². The van der Waals surface area contributed by atoms with Crippen LogP contribution in [0.3, 0.4) is 0 Å². The fourth-order valence-corrected chi connectivity index (χ4v) is 1.97. The van der Waals surface area contributed by atoms with Crippen molar-refractivity contribution in [1.82, 2.24) is 4.90 Å². The van der Waals surface area contributed by atoms with Crippen LogP contribution in [0.4, 0.5) is 4.39 Å². The number of hydrogen-bond acceptors (Lipinski definition) is 3. The molecule has 1 fully saturated rings. The van der Waals surface area contributed by atoms with E-state index in [1.54, 1.807) is 4.90 Å². The summed E-state index contributed by atoms with van der Waals surface area (Å²) in [7, 11) is 0. The highest BCUT2D eigenvalue weighted by Gasteiger charge is 2.32. The summed E-state index contributed by atoms with van der Waals surface area (Å²) in [6.07, 6.45) is 1.95. The number of carbonyl (C=O) groups excluding carboxylic acids is 1. The minimum atomic E-state index is -0.440. The molecule has 0 aliphatic heterocycles. The zero-order valence-corrected chi connectivity index (χ0v) is 10.2. The van der Waals surface area contributed by atoms with Crippen molar-refractivity contribution in [3.63, 3.8) is 0 Å². The molecule has 3 nitrogen and oxygen atoms in total. The maximum Gasteiger partial charge on any atom is 0.254 e. The molecule has 5 heteroatoms. The Morgan fingerprint density at radius 2 is 2.24 bits per heavy atom. The molecule has 2 rings (SSSR count). The second-order valence-electron chi connectivity index (χ2n) is 4.12. The van der Waals surface area contributed by atoms with Gasteiger partial charge in [-0.05, 0) is 31.0 Å². The average Bonchev–Trinajstić information content (AvgIpc) is 3.13. The molecule has 0 heterocycles. The zero-order valence-electron chi connectivity index (χ0n) is 9.27. The monoisotopic (exact) mass is 255 g/mol. The van der Waals surface area contributed by atoms with E-state index in [4.69, 9.17) is 5.11 Å². The van der Waals surface area contributed by atoms with Gasteiger partial charge in [-0.15, -0.1) is 12.6 Å². The van der Waals surface area contributed by atoms with E-state index in [-0.39, 0.29) is 23.5 Å². The van der Waals surface area contributed by atoms with E-state index in [2.05, 4.69) is 12.6 Å². The minimum Gasteiger partial charge on any atom is -0.395 e. The van der Waals surface area contributed by atoms with Gasteiger partial charge in [0.15, 0.2) is 0 Å². The van der Waals surface area contributed by atoms with E-state index in [0.717, 1.165) is 12.8 Å². The average molecular weight is 255 g/mol. The molecule has 0 aromatic heterocycles. The van der Waals surface area contributed by atoms with E-state index >= 15 is 0 Å². The lowest BCUT2D eigenvalue weighted by molar-refractivity contribution is 0.0707. The number of halogens is 1. The summed E-state index contributed by atoms with van der Waals surface area (Å²) in [6, 6.07) is 4.33. The van der Waals surface area contributed by atoms with E-state index in [1.165, 1.54) is 18.2 Å². The summed E-state index contributed by atoms with van der Waals surface area (Å²) in [5, 5.41) is 8.94. The van der Waals surface area contributed by atoms with Gasteiger partial charge in [0, 0.05) is 23.0 Å². The van der Waals surface area contributed by atoms with Gasteiger partial charge in [0.05, 0.1) is 6.61 Å². The van der Waals surface area contributed by atoms with Crippen LogP contribution in [0.1, 0.15) is 23.2 Å². The predicted octanol–water partition coefficient (Wildman–Crippen LogP) is 1.71. The lowest BCUT2D eigenvalue weighted by Crippen LogP contribution is -2.35. The summed E-state index contributed by atoms with van der Waals surface area (Å²) in [4.78, 5) is 13.9. The van der Waals surface area contributed by atoms with Crippen molar-refractivity contribution >= 4 is 18.5 Å². The van der Waals surface area contributed by atoms with E-state index < -0.39 is 5.82 Å². The normalized spacial score (nSPS) is 14.8. The number of thiol groups is 1. The zero-order chi connectivity index (χ0) is 12.4. The van der Waals surface area contributed by atoms with Crippen molar-refractivity contribution in [3.05, 3.63) is 29.6 Å². The van der Waals surface area contributed by atoms with Gasteiger partial charge in [-0.1, -0.05) is 0 Å². The molecule has 17 heavy (non-hydrogen) atoms. The van der Waals surface area contributed by atoms with Crippen molar-refractivity contribution < 1.29 is 14.3 Å². The van der Waals surface area contributed by atoms with Crippen LogP contribution in [0.2, 0.25) is 0 Å². The van der Waals surface area contributed by atoms with Crippen LogP contribution < -0.4 is 0 Å². The first-order chi connectivity index (χ1) is 8.13. The van der Waals surface area contributed by atoms with Gasteiger partial charge in [0.2, 0.25) is 0 Å². The maximum absolute atomic E-state index is 13.0. The predicted molar refractivity (Wildman–Crippen MR) is 64.8 cm³/mol. The quantitative estimate of drug-likeness (QED) is 0.804. The summed E-state index contributed by atoms with van der Waals surface area (Å²) in [6.45, 7) is 0.264. The highest BCUT2D eigenvalue weighted by Crippen LogP contribution is 2.28. The van der Waals surface area contributed by atoms with Gasteiger partial charge in [0.25, 0.3) is 5.91 Å². The van der Waals surface area contributed by atoms with Crippen LogP contribution >= 0.6 is 12.6 Å². The third-order valence-electron chi connectivity index (χ3n) is 2.78. The first-order valence-corrected chi connectivity index (χ1v) is 5.98. The lowest BCUT2D eigenvalue weighted by Gasteiger charge is -2.21. The van der Waals surface area contributed by atoms with Gasteiger partial charge in [-0.2, -0.15) is 0 Å². The molecule has 0 radical (unpaired) electrons. The van der Waals surface area contributed by atoms with Crippen LogP contribution in [0.15, 0.2) is 23.1 Å². The number of nitrogens with zero attached hydrogens (tertiary/aromatic N) is 1. The van der Waals surface area contributed by atoms with Gasteiger partial charge >= 0.3 is 0 Å². The Labute approximate surface area is 105 Å². The topological polar surface area (TPSA) is 40.5 Å². The minimum absolute atomic E-state index is 0.0584. The molecule has 1 aromatic rings. The molecule has 0 bridgehead atoms. The van der Waals surface area contributed by atoms with E-state index in [0.29, 0.717) is 12.1 Å². The molecular formula is C12H14FNO2S. The van der Waals surface area contributed by atoms with Crippen molar-refractivity contribution in [3.8, 4) is 0 Å². The molecule has 1 aromatic carbocycles. The van der Waals surface area contributed by atoms with Crippen LogP contribution in [-0.4, -0.2) is 35.1 Å². The molecule has 1 amide bonds. The van der Waals surface area contributed by atoms with Crippen molar-refractivity contribution in [2.45, 2.75) is 23.8 Å². The van der Waals surface area contributed by atoms with Crippen LogP contribution in [0.5, 0.6) is 0 Å². The Kier molecular flexibility index (Phi) is 3.69. The van der Waals surface area contributed by atoms with Crippen molar-refractivity contribution in [2.75, 3.05) is 13.2 Å². The summed E-state index contributed by atoms with van der Waals surface area (Å²) in [5.74, 6) is -0.609. The molecule has 92 valence electrons. The first-order valence-electron chi connectivity index (χ1n) is 5.54. The number of carbonyl (C=O) groups is 1. The van der Waals surface area contributed by atoms with E-state index in [9.17, 15) is 9.18 Å². The molecule has 0 spiro atoms. The summed E-state index contributed by atoms with van der Waals surface area (Å²) < 4.78 is 13.0. The number of aliphatic hydroxyl groups is 1.